The van der Waals surface area contributed by atoms with Gasteiger partial charge in [0.05, 0.1) is 23.8 Å². The van der Waals surface area contributed by atoms with Crippen LogP contribution in [0.5, 0.6) is 0 Å². The van der Waals surface area contributed by atoms with Crippen LogP contribution in [0.25, 0.3) is 11.0 Å². The standard InChI is InChI=1S/C17H19N5O3S4/c1-11-13(27-17(18-11)26-2)10-15(23)21-6-8-22(9-7-21)29(24,25)14-5-3-4-12-16(14)20-28-19-12/h3-5H,6-10H2,1-2H3. The number of hydrogen-bond donors (Lipinski definition) is 0. The minimum Gasteiger partial charge on any atom is -0.340 e. The van der Waals surface area contributed by atoms with Crippen molar-refractivity contribution in [1.82, 2.24) is 22.9 Å². The van der Waals surface area contributed by atoms with Crippen LogP contribution in [0.2, 0.25) is 0 Å². The first kappa shape index (κ1) is 20.7. The highest BCUT2D eigenvalue weighted by molar-refractivity contribution is 8.00. The second kappa shape index (κ2) is 8.26. The predicted molar refractivity (Wildman–Crippen MR) is 115 cm³/mol. The molecule has 1 aliphatic heterocycles. The second-order valence-corrected chi connectivity index (χ2v) is 11.1. The van der Waals surface area contributed by atoms with Crippen molar-refractivity contribution in [3.8, 4) is 0 Å². The number of amides is 1. The number of carbonyl (C=O) groups is 1. The summed E-state index contributed by atoms with van der Waals surface area (Å²) in [6.07, 6.45) is 2.27. The molecule has 4 rings (SSSR count). The lowest BCUT2D eigenvalue weighted by Gasteiger charge is -2.34. The van der Waals surface area contributed by atoms with Crippen LogP contribution in [-0.2, 0) is 21.2 Å². The molecule has 1 aliphatic rings. The Morgan fingerprint density at radius 2 is 1.97 bits per heavy atom. The van der Waals surface area contributed by atoms with Crippen molar-refractivity contribution in [2.45, 2.75) is 22.6 Å². The molecule has 0 saturated carbocycles. The van der Waals surface area contributed by atoms with Crippen molar-refractivity contribution in [2.75, 3.05) is 32.4 Å². The minimum absolute atomic E-state index is 0.00672. The van der Waals surface area contributed by atoms with Gasteiger partial charge in [0.2, 0.25) is 15.9 Å². The Kier molecular flexibility index (Phi) is 5.89. The number of nitrogens with zero attached hydrogens (tertiary/aromatic N) is 5. The summed E-state index contributed by atoms with van der Waals surface area (Å²) in [5.41, 5.74) is 1.87. The normalized spacial score (nSPS) is 15.9. The third kappa shape index (κ3) is 4.04. The highest BCUT2D eigenvalue weighted by Gasteiger charge is 2.32. The Morgan fingerprint density at radius 1 is 1.21 bits per heavy atom. The lowest BCUT2D eigenvalue weighted by molar-refractivity contribution is -0.131. The molecule has 8 nitrogen and oxygen atoms in total. The zero-order chi connectivity index (χ0) is 20.6. The van der Waals surface area contributed by atoms with Crippen molar-refractivity contribution in [1.29, 1.82) is 0 Å². The molecule has 154 valence electrons. The molecular formula is C17H19N5O3S4. The van der Waals surface area contributed by atoms with E-state index in [1.165, 1.54) is 4.31 Å². The smallest absolute Gasteiger partial charge is 0.245 e. The Morgan fingerprint density at radius 3 is 2.66 bits per heavy atom. The molecule has 0 unspecified atom stereocenters. The number of carbonyl (C=O) groups excluding carboxylic acids is 1. The lowest BCUT2D eigenvalue weighted by atomic mass is 10.2. The molecule has 0 N–H and O–H groups in total. The van der Waals surface area contributed by atoms with Gasteiger partial charge in [0.15, 0.2) is 0 Å². The molecule has 3 heterocycles. The number of piperazine rings is 1. The maximum Gasteiger partial charge on any atom is 0.245 e. The summed E-state index contributed by atoms with van der Waals surface area (Å²) in [5.74, 6) is 0.00672. The Labute approximate surface area is 181 Å². The van der Waals surface area contributed by atoms with E-state index in [-0.39, 0.29) is 23.9 Å². The van der Waals surface area contributed by atoms with Gasteiger partial charge in [-0.25, -0.2) is 13.4 Å². The first-order valence-electron chi connectivity index (χ1n) is 8.89. The van der Waals surface area contributed by atoms with E-state index in [0.717, 1.165) is 26.6 Å². The quantitative estimate of drug-likeness (QED) is 0.529. The van der Waals surface area contributed by atoms with Gasteiger partial charge < -0.3 is 4.90 Å². The molecule has 12 heteroatoms. The summed E-state index contributed by atoms with van der Waals surface area (Å²) in [5, 5.41) is 0. The molecule has 29 heavy (non-hydrogen) atoms. The van der Waals surface area contributed by atoms with Gasteiger partial charge in [0, 0.05) is 31.1 Å². The fourth-order valence-electron chi connectivity index (χ4n) is 3.21. The van der Waals surface area contributed by atoms with E-state index in [4.69, 9.17) is 0 Å². The van der Waals surface area contributed by atoms with Crippen LogP contribution in [0.3, 0.4) is 0 Å². The van der Waals surface area contributed by atoms with Gasteiger partial charge in [-0.2, -0.15) is 13.1 Å². The first-order valence-corrected chi connectivity index (χ1v) is 13.1. The molecule has 2 aromatic heterocycles. The summed E-state index contributed by atoms with van der Waals surface area (Å²) in [4.78, 5) is 20.0. The van der Waals surface area contributed by atoms with E-state index >= 15 is 0 Å². The fraction of sp³-hybridized carbons (Fsp3) is 0.412. The van der Waals surface area contributed by atoms with Crippen molar-refractivity contribution in [3.63, 3.8) is 0 Å². The zero-order valence-corrected chi connectivity index (χ0v) is 19.1. The molecule has 1 amide bonds. The van der Waals surface area contributed by atoms with Gasteiger partial charge in [-0.05, 0) is 25.3 Å². The van der Waals surface area contributed by atoms with E-state index in [2.05, 4.69) is 13.7 Å². The van der Waals surface area contributed by atoms with Crippen molar-refractivity contribution < 1.29 is 13.2 Å². The zero-order valence-electron chi connectivity index (χ0n) is 15.9. The van der Waals surface area contributed by atoms with Gasteiger partial charge in [0.25, 0.3) is 0 Å². The number of sulfonamides is 1. The number of aryl methyl sites for hydroxylation is 1. The summed E-state index contributed by atoms with van der Waals surface area (Å²) in [7, 11) is -3.68. The van der Waals surface area contributed by atoms with Crippen molar-refractivity contribution in [2.24, 2.45) is 0 Å². The molecule has 0 aliphatic carbocycles. The largest absolute Gasteiger partial charge is 0.340 e. The number of rotatable bonds is 5. The second-order valence-electron chi connectivity index (χ2n) is 6.54. The Bertz CT molecular complexity index is 1150. The maximum atomic E-state index is 13.1. The lowest BCUT2D eigenvalue weighted by Crippen LogP contribution is -2.50. The first-order chi connectivity index (χ1) is 13.9. The number of benzene rings is 1. The van der Waals surface area contributed by atoms with Gasteiger partial charge >= 0.3 is 0 Å². The molecule has 0 spiro atoms. The van der Waals surface area contributed by atoms with E-state index in [9.17, 15) is 13.2 Å². The molecule has 0 bridgehead atoms. The average Bonchev–Trinajstić information content (AvgIpc) is 3.34. The van der Waals surface area contributed by atoms with E-state index in [0.29, 0.717) is 30.5 Å². The Hall–Kier alpha value is -1.60. The van der Waals surface area contributed by atoms with Crippen molar-refractivity contribution >= 4 is 61.8 Å². The van der Waals surface area contributed by atoms with E-state index < -0.39 is 10.0 Å². The number of thioether (sulfide) groups is 1. The highest BCUT2D eigenvalue weighted by atomic mass is 32.2. The van der Waals surface area contributed by atoms with Crippen LogP contribution in [0.4, 0.5) is 0 Å². The topological polar surface area (TPSA) is 96.4 Å². The van der Waals surface area contributed by atoms with Crippen LogP contribution in [0, 0.1) is 6.92 Å². The van der Waals surface area contributed by atoms with Crippen LogP contribution >= 0.6 is 34.8 Å². The van der Waals surface area contributed by atoms with Crippen molar-refractivity contribution in [3.05, 3.63) is 28.8 Å². The molecular weight excluding hydrogens is 450 g/mol. The number of fused-ring (bicyclic) bond motifs is 1. The summed E-state index contributed by atoms with van der Waals surface area (Å²) >= 11 is 4.11. The SMILES string of the molecule is CSc1nc(C)c(CC(=O)N2CCN(S(=O)(=O)c3cccc4nsnc34)CC2)s1. The molecule has 0 atom stereocenters. The van der Waals surface area contributed by atoms with E-state index in [1.54, 1.807) is 46.2 Å². The van der Waals surface area contributed by atoms with Crippen LogP contribution in [0.1, 0.15) is 10.6 Å². The highest BCUT2D eigenvalue weighted by Crippen LogP contribution is 2.27. The van der Waals surface area contributed by atoms with Crippen LogP contribution in [-0.4, -0.2) is 69.7 Å². The molecule has 1 aromatic carbocycles. The van der Waals surface area contributed by atoms with Gasteiger partial charge in [-0.3, -0.25) is 4.79 Å². The number of aromatic nitrogens is 3. The van der Waals surface area contributed by atoms with Gasteiger partial charge in [0.1, 0.15) is 20.3 Å². The third-order valence-corrected chi connectivity index (χ3v) is 9.43. The summed E-state index contributed by atoms with van der Waals surface area (Å²) < 4.78 is 36.8. The van der Waals surface area contributed by atoms with E-state index in [1.807, 2.05) is 13.2 Å². The van der Waals surface area contributed by atoms with Gasteiger partial charge in [-0.15, -0.1) is 11.3 Å². The number of hydrogen-bond acceptors (Lipinski definition) is 9. The molecule has 0 radical (unpaired) electrons. The number of thiazole rings is 1. The average molecular weight is 470 g/mol. The maximum absolute atomic E-state index is 13.1. The Balaban J connectivity index is 1.44. The summed E-state index contributed by atoms with van der Waals surface area (Å²) in [6.45, 7) is 3.18. The van der Waals surface area contributed by atoms with Crippen LogP contribution < -0.4 is 0 Å². The fourth-order valence-corrected chi connectivity index (χ4v) is 7.03. The molecule has 1 saturated heterocycles. The van der Waals surface area contributed by atoms with Gasteiger partial charge in [-0.1, -0.05) is 17.8 Å². The summed E-state index contributed by atoms with van der Waals surface area (Å²) in [6, 6.07) is 4.99. The molecule has 1 fully saturated rings. The monoisotopic (exact) mass is 469 g/mol. The third-order valence-electron chi connectivity index (χ3n) is 4.82. The molecule has 3 aromatic rings. The minimum atomic E-state index is -3.68. The predicted octanol–water partition coefficient (Wildman–Crippen LogP) is 2.25. The van der Waals surface area contributed by atoms with Crippen LogP contribution in [0.15, 0.2) is 27.4 Å².